The third kappa shape index (κ3) is 2.80. The molecular weight excluding hydrogens is 300 g/mol. The molecule has 0 aliphatic carbocycles. The van der Waals surface area contributed by atoms with E-state index in [4.69, 9.17) is 16.7 Å². The van der Waals surface area contributed by atoms with E-state index >= 15 is 0 Å². The van der Waals surface area contributed by atoms with Crippen LogP contribution in [0, 0.1) is 3.57 Å². The van der Waals surface area contributed by atoms with Crippen LogP contribution in [-0.4, -0.2) is 18.8 Å². The molecule has 0 aliphatic rings. The first-order chi connectivity index (χ1) is 6.19. The molecule has 0 aliphatic heterocycles. The number of likely N-dealkylation sites (N-methyl/N-ethyl adjacent to an activating group) is 1. The lowest BCUT2D eigenvalue weighted by Crippen LogP contribution is -2.20. The molecule has 1 rings (SSSR count). The van der Waals surface area contributed by atoms with Crippen molar-refractivity contribution >= 4 is 34.2 Å². The zero-order valence-corrected chi connectivity index (χ0v) is 10.1. The van der Waals surface area contributed by atoms with Gasteiger partial charge in [-0.3, -0.25) is 0 Å². The minimum absolute atomic E-state index is 0.0100. The van der Waals surface area contributed by atoms with Crippen molar-refractivity contribution in [3.8, 4) is 0 Å². The molecule has 0 spiro atoms. The molecule has 2 N–H and O–H groups in total. The first kappa shape index (κ1) is 11.2. The van der Waals surface area contributed by atoms with Crippen LogP contribution in [0.2, 0.25) is 5.02 Å². The van der Waals surface area contributed by atoms with E-state index in [9.17, 15) is 0 Å². The molecule has 0 heterocycles. The summed E-state index contributed by atoms with van der Waals surface area (Å²) in [7, 11) is 1.82. The van der Waals surface area contributed by atoms with Crippen LogP contribution >= 0.6 is 34.2 Å². The van der Waals surface area contributed by atoms with Gasteiger partial charge in [0.05, 0.1) is 12.6 Å². The summed E-state index contributed by atoms with van der Waals surface area (Å²) in [5, 5.41) is 12.8. The molecule has 2 nitrogen and oxygen atoms in total. The predicted octanol–water partition coefficient (Wildman–Crippen LogP) is 2.20. The second-order valence-electron chi connectivity index (χ2n) is 2.69. The maximum Gasteiger partial charge on any atom is 0.0626 e. The van der Waals surface area contributed by atoms with Gasteiger partial charge in [-0.2, -0.15) is 0 Å². The molecule has 1 atom stereocenters. The normalized spacial score (nSPS) is 12.9. The number of aliphatic hydroxyl groups is 1. The molecule has 0 saturated carbocycles. The number of aliphatic hydroxyl groups excluding tert-OH is 1. The van der Waals surface area contributed by atoms with Crippen molar-refractivity contribution in [2.75, 3.05) is 13.7 Å². The summed E-state index contributed by atoms with van der Waals surface area (Å²) in [5.74, 6) is 0. The van der Waals surface area contributed by atoms with Gasteiger partial charge in [0.25, 0.3) is 0 Å². The standard InChI is InChI=1S/C9H11ClINO/c1-12-9(5-13)7-3-2-6(10)4-8(7)11/h2-4,9,12-13H,5H2,1H3. The summed E-state index contributed by atoms with van der Waals surface area (Å²) in [6.45, 7) is 0.0914. The van der Waals surface area contributed by atoms with E-state index in [1.54, 1.807) is 0 Å². The van der Waals surface area contributed by atoms with E-state index in [-0.39, 0.29) is 12.6 Å². The average Bonchev–Trinajstić information content (AvgIpc) is 2.10. The Morgan fingerprint density at radius 1 is 1.62 bits per heavy atom. The molecule has 72 valence electrons. The number of benzene rings is 1. The SMILES string of the molecule is CNC(CO)c1ccc(Cl)cc1I. The average molecular weight is 312 g/mol. The fourth-order valence-electron chi connectivity index (χ4n) is 1.13. The molecule has 0 bridgehead atoms. The zero-order chi connectivity index (χ0) is 9.84. The highest BCUT2D eigenvalue weighted by Crippen LogP contribution is 2.22. The van der Waals surface area contributed by atoms with Gasteiger partial charge in [0.1, 0.15) is 0 Å². The largest absolute Gasteiger partial charge is 0.394 e. The van der Waals surface area contributed by atoms with Crippen molar-refractivity contribution < 1.29 is 5.11 Å². The molecule has 0 saturated heterocycles. The minimum Gasteiger partial charge on any atom is -0.394 e. The maximum absolute atomic E-state index is 9.07. The zero-order valence-electron chi connectivity index (χ0n) is 7.22. The van der Waals surface area contributed by atoms with Crippen molar-refractivity contribution in [3.63, 3.8) is 0 Å². The molecule has 1 aromatic rings. The first-order valence-corrected chi connectivity index (χ1v) is 5.37. The quantitative estimate of drug-likeness (QED) is 0.839. The molecular formula is C9H11ClINO. The number of nitrogens with one attached hydrogen (secondary N) is 1. The molecule has 13 heavy (non-hydrogen) atoms. The molecule has 1 aromatic carbocycles. The lowest BCUT2D eigenvalue weighted by molar-refractivity contribution is 0.250. The minimum atomic E-state index is -0.0100. The number of halogens is 2. The number of rotatable bonds is 3. The number of hydrogen-bond donors (Lipinski definition) is 2. The van der Waals surface area contributed by atoms with Crippen LogP contribution in [0.1, 0.15) is 11.6 Å². The molecule has 0 fully saturated rings. The van der Waals surface area contributed by atoms with E-state index < -0.39 is 0 Å². The van der Waals surface area contributed by atoms with Crippen LogP contribution in [-0.2, 0) is 0 Å². The highest BCUT2D eigenvalue weighted by atomic mass is 127. The van der Waals surface area contributed by atoms with Gasteiger partial charge in [0.2, 0.25) is 0 Å². The number of hydrogen-bond acceptors (Lipinski definition) is 2. The summed E-state index contributed by atoms with van der Waals surface area (Å²) in [5.41, 5.74) is 1.08. The highest BCUT2D eigenvalue weighted by Gasteiger charge is 2.10. The van der Waals surface area contributed by atoms with Gasteiger partial charge < -0.3 is 10.4 Å². The van der Waals surface area contributed by atoms with Gasteiger partial charge in [0.15, 0.2) is 0 Å². The Kier molecular flexibility index (Phi) is 4.45. The summed E-state index contributed by atoms with van der Waals surface area (Å²) in [6.07, 6.45) is 0. The summed E-state index contributed by atoms with van der Waals surface area (Å²) in [4.78, 5) is 0. The van der Waals surface area contributed by atoms with Crippen LogP contribution in [0.4, 0.5) is 0 Å². The van der Waals surface area contributed by atoms with E-state index in [0.717, 1.165) is 14.2 Å². The molecule has 0 aromatic heterocycles. The second-order valence-corrected chi connectivity index (χ2v) is 4.29. The Morgan fingerprint density at radius 2 is 2.31 bits per heavy atom. The Bertz CT molecular complexity index is 289. The molecule has 4 heteroatoms. The Morgan fingerprint density at radius 3 is 2.77 bits per heavy atom. The Labute approximate surface area is 96.4 Å². The van der Waals surface area contributed by atoms with Crippen LogP contribution in [0.25, 0.3) is 0 Å². The van der Waals surface area contributed by atoms with Crippen LogP contribution in [0.5, 0.6) is 0 Å². The van der Waals surface area contributed by atoms with Gasteiger partial charge in [-0.25, -0.2) is 0 Å². The molecule has 1 unspecified atom stereocenters. The first-order valence-electron chi connectivity index (χ1n) is 3.92. The third-order valence-electron chi connectivity index (χ3n) is 1.87. The van der Waals surface area contributed by atoms with Crippen molar-refractivity contribution in [1.29, 1.82) is 0 Å². The van der Waals surface area contributed by atoms with Crippen molar-refractivity contribution in [3.05, 3.63) is 32.4 Å². The fraction of sp³-hybridized carbons (Fsp3) is 0.333. The topological polar surface area (TPSA) is 32.3 Å². The van der Waals surface area contributed by atoms with Gasteiger partial charge >= 0.3 is 0 Å². The van der Waals surface area contributed by atoms with Crippen LogP contribution in [0.15, 0.2) is 18.2 Å². The smallest absolute Gasteiger partial charge is 0.0626 e. The van der Waals surface area contributed by atoms with Crippen molar-refractivity contribution in [2.45, 2.75) is 6.04 Å². The summed E-state index contributed by atoms with van der Waals surface area (Å²) in [6, 6.07) is 5.64. The lowest BCUT2D eigenvalue weighted by atomic mass is 10.1. The van der Waals surface area contributed by atoms with E-state index in [1.807, 2.05) is 25.2 Å². The van der Waals surface area contributed by atoms with Gasteiger partial charge in [-0.05, 0) is 47.3 Å². The Balaban J connectivity index is 2.99. The third-order valence-corrected chi connectivity index (χ3v) is 3.04. The van der Waals surface area contributed by atoms with Gasteiger partial charge in [-0.1, -0.05) is 17.7 Å². The fourth-order valence-corrected chi connectivity index (χ4v) is 2.38. The van der Waals surface area contributed by atoms with Gasteiger partial charge in [0, 0.05) is 8.59 Å². The monoisotopic (exact) mass is 311 g/mol. The van der Waals surface area contributed by atoms with Crippen molar-refractivity contribution in [2.24, 2.45) is 0 Å². The summed E-state index contributed by atoms with van der Waals surface area (Å²) < 4.78 is 1.07. The highest BCUT2D eigenvalue weighted by molar-refractivity contribution is 14.1. The second kappa shape index (κ2) is 5.14. The summed E-state index contributed by atoms with van der Waals surface area (Å²) >= 11 is 8.03. The van der Waals surface area contributed by atoms with E-state index in [2.05, 4.69) is 27.9 Å². The van der Waals surface area contributed by atoms with E-state index in [1.165, 1.54) is 0 Å². The van der Waals surface area contributed by atoms with E-state index in [0.29, 0.717) is 0 Å². The molecule has 0 radical (unpaired) electrons. The van der Waals surface area contributed by atoms with Crippen LogP contribution in [0.3, 0.4) is 0 Å². The maximum atomic E-state index is 9.07. The van der Waals surface area contributed by atoms with Crippen LogP contribution < -0.4 is 5.32 Å². The van der Waals surface area contributed by atoms with Gasteiger partial charge in [-0.15, -0.1) is 0 Å². The molecule has 0 amide bonds. The predicted molar refractivity (Wildman–Crippen MR) is 63.1 cm³/mol. The van der Waals surface area contributed by atoms with Crippen molar-refractivity contribution in [1.82, 2.24) is 5.32 Å². The lowest BCUT2D eigenvalue weighted by Gasteiger charge is -2.15. The Hall–Kier alpha value is 0.160.